The lowest BCUT2D eigenvalue weighted by Gasteiger charge is -2.43. The van der Waals surface area contributed by atoms with E-state index in [0.717, 1.165) is 67.9 Å². The van der Waals surface area contributed by atoms with E-state index in [4.69, 9.17) is 4.74 Å². The lowest BCUT2D eigenvalue weighted by molar-refractivity contribution is 0.0593. The van der Waals surface area contributed by atoms with Crippen LogP contribution < -0.4 is 5.56 Å². The van der Waals surface area contributed by atoms with Crippen molar-refractivity contribution in [3.8, 4) is 0 Å². The summed E-state index contributed by atoms with van der Waals surface area (Å²) in [7, 11) is 0. The number of hydrogen-bond donors (Lipinski definition) is 1. The Bertz CT molecular complexity index is 1280. The fraction of sp³-hybridized carbons (Fsp3) is 0.643. The van der Waals surface area contributed by atoms with Gasteiger partial charge in [0.2, 0.25) is 0 Å². The summed E-state index contributed by atoms with van der Waals surface area (Å²) >= 11 is 0. The fourth-order valence-electron chi connectivity index (χ4n) is 6.73. The molecule has 1 aromatic carbocycles. The summed E-state index contributed by atoms with van der Waals surface area (Å²) in [6.45, 7) is 9.35. The molecule has 1 aliphatic carbocycles. The molecular weight excluding hydrogens is 466 g/mol. The van der Waals surface area contributed by atoms with Gasteiger partial charge in [-0.2, -0.15) is 0 Å². The number of aryl methyl sites for hydroxylation is 2. The first kappa shape index (κ1) is 24.7. The van der Waals surface area contributed by atoms with E-state index >= 15 is 0 Å². The molecule has 3 aliphatic rings. The maximum atomic E-state index is 13.6. The van der Waals surface area contributed by atoms with E-state index < -0.39 is 0 Å². The van der Waals surface area contributed by atoms with Gasteiger partial charge in [0.05, 0.1) is 18.2 Å². The third kappa shape index (κ3) is 5.09. The Balaban J connectivity index is 1.36. The van der Waals surface area contributed by atoms with Crippen LogP contribution in [-0.4, -0.2) is 79.9 Å². The van der Waals surface area contributed by atoms with Gasteiger partial charge in [-0.1, -0.05) is 30.9 Å². The van der Waals surface area contributed by atoms with Gasteiger partial charge in [0.15, 0.2) is 5.82 Å². The Kier molecular flexibility index (Phi) is 7.10. The van der Waals surface area contributed by atoms with Crippen molar-refractivity contribution in [3.63, 3.8) is 0 Å². The van der Waals surface area contributed by atoms with Crippen molar-refractivity contribution in [1.29, 1.82) is 0 Å². The van der Waals surface area contributed by atoms with E-state index in [1.807, 2.05) is 4.68 Å². The number of piperazine rings is 1. The summed E-state index contributed by atoms with van der Waals surface area (Å²) < 4.78 is 7.77. The molecule has 2 saturated heterocycles. The number of ether oxygens (including phenoxy) is 1. The van der Waals surface area contributed by atoms with Crippen molar-refractivity contribution in [1.82, 2.24) is 35.0 Å². The van der Waals surface area contributed by atoms with E-state index in [-0.39, 0.29) is 17.7 Å². The Morgan fingerprint density at radius 3 is 2.59 bits per heavy atom. The molecule has 3 aromatic rings. The summed E-state index contributed by atoms with van der Waals surface area (Å²) in [6, 6.07) is 6.72. The van der Waals surface area contributed by atoms with Crippen molar-refractivity contribution < 1.29 is 4.74 Å². The standard InChI is InChI=1S/C28H39N7O2/c1-19-15-20(2)25-21(16-19)17-24(28(36)29-25)26(27-30-31-32-35(27)18-23-9-6-14-37-23)34-12-10-33(11-13-34)22-7-4-3-5-8-22/h15-17,22-23,26H,3-14,18H2,1-2H3,(H,29,36). The van der Waals surface area contributed by atoms with Gasteiger partial charge in [0.25, 0.3) is 5.56 Å². The molecule has 2 aromatic heterocycles. The van der Waals surface area contributed by atoms with Gasteiger partial charge in [-0.05, 0) is 73.0 Å². The Morgan fingerprint density at radius 1 is 1.03 bits per heavy atom. The molecule has 2 atom stereocenters. The molecule has 2 aliphatic heterocycles. The van der Waals surface area contributed by atoms with Crippen molar-refractivity contribution in [2.45, 2.75) is 83.5 Å². The monoisotopic (exact) mass is 505 g/mol. The first-order chi connectivity index (χ1) is 18.1. The minimum atomic E-state index is -0.307. The highest BCUT2D eigenvalue weighted by Crippen LogP contribution is 2.31. The van der Waals surface area contributed by atoms with E-state index in [0.29, 0.717) is 18.2 Å². The number of fused-ring (bicyclic) bond motifs is 1. The average Bonchev–Trinajstić information content (AvgIpc) is 3.59. The number of rotatable bonds is 6. The first-order valence-electron chi connectivity index (χ1n) is 14.1. The summed E-state index contributed by atoms with van der Waals surface area (Å²) in [4.78, 5) is 21.9. The van der Waals surface area contributed by atoms with Crippen LogP contribution in [0.5, 0.6) is 0 Å². The Labute approximate surface area is 218 Å². The number of hydrogen-bond acceptors (Lipinski definition) is 7. The molecule has 0 amide bonds. The molecule has 3 fully saturated rings. The largest absolute Gasteiger partial charge is 0.376 e. The molecule has 6 rings (SSSR count). The number of pyridine rings is 1. The van der Waals surface area contributed by atoms with E-state index in [2.05, 4.69) is 62.4 Å². The number of nitrogens with one attached hydrogen (secondary N) is 1. The topological polar surface area (TPSA) is 92.2 Å². The predicted molar refractivity (Wildman–Crippen MR) is 143 cm³/mol. The highest BCUT2D eigenvalue weighted by atomic mass is 16.5. The number of H-pyrrole nitrogens is 1. The molecule has 2 unspecified atom stereocenters. The fourth-order valence-corrected chi connectivity index (χ4v) is 6.73. The molecule has 0 radical (unpaired) electrons. The van der Waals surface area contributed by atoms with Gasteiger partial charge in [-0.25, -0.2) is 4.68 Å². The van der Waals surface area contributed by atoms with Crippen LogP contribution >= 0.6 is 0 Å². The lowest BCUT2D eigenvalue weighted by Crippen LogP contribution is -2.52. The van der Waals surface area contributed by atoms with Gasteiger partial charge >= 0.3 is 0 Å². The third-order valence-corrected chi connectivity index (χ3v) is 8.63. The van der Waals surface area contributed by atoms with E-state index in [9.17, 15) is 4.79 Å². The van der Waals surface area contributed by atoms with E-state index in [1.54, 1.807) is 0 Å². The smallest absolute Gasteiger partial charge is 0.253 e. The summed E-state index contributed by atoms with van der Waals surface area (Å²) in [6.07, 6.45) is 8.88. The second kappa shape index (κ2) is 10.6. The highest BCUT2D eigenvalue weighted by molar-refractivity contribution is 5.83. The van der Waals surface area contributed by atoms with Crippen molar-refractivity contribution >= 4 is 10.9 Å². The molecule has 198 valence electrons. The van der Waals surface area contributed by atoms with Gasteiger partial charge in [0, 0.05) is 44.4 Å². The zero-order valence-corrected chi connectivity index (χ0v) is 22.2. The highest BCUT2D eigenvalue weighted by Gasteiger charge is 2.35. The molecule has 1 saturated carbocycles. The number of aromatic amines is 1. The third-order valence-electron chi connectivity index (χ3n) is 8.63. The van der Waals surface area contributed by atoms with Crippen LogP contribution in [0, 0.1) is 13.8 Å². The lowest BCUT2D eigenvalue weighted by atomic mass is 9.93. The van der Waals surface area contributed by atoms with Gasteiger partial charge in [-0.3, -0.25) is 14.6 Å². The molecular formula is C28H39N7O2. The molecule has 0 spiro atoms. The van der Waals surface area contributed by atoms with Gasteiger partial charge in [-0.15, -0.1) is 5.10 Å². The minimum Gasteiger partial charge on any atom is -0.376 e. The molecule has 9 heteroatoms. The molecule has 37 heavy (non-hydrogen) atoms. The summed E-state index contributed by atoms with van der Waals surface area (Å²) in [5, 5.41) is 14.0. The SMILES string of the molecule is Cc1cc(C)c2[nH]c(=O)c(C(c3nnnn3CC3CCCO3)N3CCN(C4CCCCC4)CC3)cc2c1. The number of aromatic nitrogens is 5. The summed E-state index contributed by atoms with van der Waals surface area (Å²) in [5.74, 6) is 0.732. The zero-order valence-electron chi connectivity index (χ0n) is 22.2. The van der Waals surface area contributed by atoms with Crippen LogP contribution in [0.4, 0.5) is 0 Å². The maximum absolute atomic E-state index is 13.6. The second-order valence-electron chi connectivity index (χ2n) is 11.2. The first-order valence-corrected chi connectivity index (χ1v) is 14.1. The number of tetrazole rings is 1. The van der Waals surface area contributed by atoms with Crippen LogP contribution in [0.25, 0.3) is 10.9 Å². The maximum Gasteiger partial charge on any atom is 0.253 e. The van der Waals surface area contributed by atoms with E-state index in [1.165, 1.54) is 37.7 Å². The van der Waals surface area contributed by atoms with Crippen molar-refractivity contribution in [2.24, 2.45) is 0 Å². The van der Waals surface area contributed by atoms with Gasteiger partial charge < -0.3 is 9.72 Å². The van der Waals surface area contributed by atoms with Crippen molar-refractivity contribution in [2.75, 3.05) is 32.8 Å². The predicted octanol–water partition coefficient (Wildman–Crippen LogP) is 3.35. The molecule has 4 heterocycles. The zero-order chi connectivity index (χ0) is 25.4. The molecule has 0 bridgehead atoms. The molecule has 1 N–H and O–H groups in total. The van der Waals surface area contributed by atoms with Crippen LogP contribution in [0.2, 0.25) is 0 Å². The van der Waals surface area contributed by atoms with Crippen LogP contribution in [-0.2, 0) is 11.3 Å². The quantitative estimate of drug-likeness (QED) is 0.549. The normalized spacial score (nSPS) is 23.1. The second-order valence-corrected chi connectivity index (χ2v) is 11.2. The Morgan fingerprint density at radius 2 is 1.84 bits per heavy atom. The van der Waals surface area contributed by atoms with Crippen LogP contribution in [0.15, 0.2) is 23.0 Å². The van der Waals surface area contributed by atoms with Crippen LogP contribution in [0.3, 0.4) is 0 Å². The Hall–Kier alpha value is -2.62. The average molecular weight is 506 g/mol. The number of benzene rings is 1. The minimum absolute atomic E-state index is 0.0640. The van der Waals surface area contributed by atoms with Crippen molar-refractivity contribution in [3.05, 3.63) is 51.1 Å². The number of nitrogens with zero attached hydrogens (tertiary/aromatic N) is 6. The molecule has 9 nitrogen and oxygen atoms in total. The van der Waals surface area contributed by atoms with Crippen LogP contribution in [0.1, 0.15) is 73.5 Å². The summed E-state index contributed by atoms with van der Waals surface area (Å²) in [5.41, 5.74) is 3.82. The van der Waals surface area contributed by atoms with Gasteiger partial charge in [0.1, 0.15) is 6.04 Å².